The van der Waals surface area contributed by atoms with E-state index in [0.29, 0.717) is 39.5 Å². The van der Waals surface area contributed by atoms with Gasteiger partial charge in [-0.05, 0) is 49.9 Å². The van der Waals surface area contributed by atoms with Crippen LogP contribution in [0.2, 0.25) is 10.0 Å². The van der Waals surface area contributed by atoms with Gasteiger partial charge < -0.3 is 9.64 Å². The maximum absolute atomic E-state index is 13.7. The molecule has 0 radical (unpaired) electrons. The Morgan fingerprint density at radius 1 is 1.20 bits per heavy atom. The number of nitrogens with zero attached hydrogens (tertiary/aromatic N) is 4. The molecule has 0 spiro atoms. The van der Waals surface area contributed by atoms with E-state index in [1.165, 1.54) is 0 Å². The van der Waals surface area contributed by atoms with Gasteiger partial charge in [0.15, 0.2) is 0 Å². The summed E-state index contributed by atoms with van der Waals surface area (Å²) in [5.41, 5.74) is 2.07. The maximum atomic E-state index is 13.7. The second kappa shape index (κ2) is 8.66. The molecule has 4 rings (SSSR count). The number of aromatic nitrogens is 3. The Morgan fingerprint density at radius 2 is 2.03 bits per heavy atom. The van der Waals surface area contributed by atoms with Gasteiger partial charge in [-0.3, -0.25) is 9.78 Å². The molecule has 0 aliphatic carbocycles. The summed E-state index contributed by atoms with van der Waals surface area (Å²) in [6, 6.07) is 9.03. The molecule has 156 valence electrons. The minimum absolute atomic E-state index is 0.0258. The number of ether oxygens (including phenoxy) is 1. The first kappa shape index (κ1) is 20.7. The molecule has 0 saturated carbocycles. The molecule has 1 aliphatic rings. The second-order valence-corrected chi connectivity index (χ2v) is 8.12. The summed E-state index contributed by atoms with van der Waals surface area (Å²) in [6.45, 7) is 2.48. The van der Waals surface area contributed by atoms with Gasteiger partial charge in [-0.2, -0.15) is 5.10 Å². The zero-order chi connectivity index (χ0) is 21.3. The topological polar surface area (TPSA) is 60.3 Å². The van der Waals surface area contributed by atoms with Gasteiger partial charge in [0.25, 0.3) is 5.91 Å². The first-order valence-corrected chi connectivity index (χ1v) is 10.6. The summed E-state index contributed by atoms with van der Waals surface area (Å²) in [6.07, 6.45) is 6.49. The van der Waals surface area contributed by atoms with Crippen LogP contribution in [0, 0.1) is 6.92 Å². The largest absolute Gasteiger partial charge is 0.437 e. The van der Waals surface area contributed by atoms with E-state index in [9.17, 15) is 4.79 Å². The number of piperidine rings is 1. The molecular formula is C22H22Cl2N4O2. The number of amides is 1. The Morgan fingerprint density at radius 3 is 2.80 bits per heavy atom. The van der Waals surface area contributed by atoms with E-state index in [1.54, 1.807) is 36.1 Å². The number of pyridine rings is 1. The van der Waals surface area contributed by atoms with Crippen LogP contribution < -0.4 is 4.74 Å². The Bertz CT molecular complexity index is 1070. The molecule has 2 aromatic heterocycles. The van der Waals surface area contributed by atoms with Crippen LogP contribution in [-0.4, -0.2) is 32.1 Å². The second-order valence-electron chi connectivity index (χ2n) is 7.34. The molecule has 0 unspecified atom stereocenters. The van der Waals surface area contributed by atoms with Crippen LogP contribution in [-0.2, 0) is 7.05 Å². The van der Waals surface area contributed by atoms with Crippen LogP contribution in [0.25, 0.3) is 0 Å². The Balaban J connectivity index is 1.71. The fraction of sp³-hybridized carbons (Fsp3) is 0.318. The summed E-state index contributed by atoms with van der Waals surface area (Å²) < 4.78 is 7.61. The van der Waals surface area contributed by atoms with Crippen molar-refractivity contribution in [2.45, 2.75) is 32.2 Å². The average Bonchev–Trinajstić information content (AvgIpc) is 3.04. The number of carbonyl (C=O) groups is 1. The van der Waals surface area contributed by atoms with Crippen molar-refractivity contribution in [3.63, 3.8) is 0 Å². The Labute approximate surface area is 185 Å². The van der Waals surface area contributed by atoms with Gasteiger partial charge in [0.05, 0.1) is 16.8 Å². The van der Waals surface area contributed by atoms with Crippen LogP contribution in [0.5, 0.6) is 11.6 Å². The van der Waals surface area contributed by atoms with E-state index < -0.39 is 0 Å². The quantitative estimate of drug-likeness (QED) is 0.525. The maximum Gasteiger partial charge on any atom is 0.261 e. The zero-order valence-corrected chi connectivity index (χ0v) is 18.3. The van der Waals surface area contributed by atoms with Crippen LogP contribution in [0.15, 0.2) is 42.7 Å². The Kier molecular flexibility index (Phi) is 5.97. The molecule has 3 aromatic rings. The van der Waals surface area contributed by atoms with Crippen LogP contribution >= 0.6 is 23.2 Å². The molecule has 1 atom stereocenters. The Hall–Kier alpha value is -2.57. The smallest absolute Gasteiger partial charge is 0.261 e. The van der Waals surface area contributed by atoms with E-state index in [2.05, 4.69) is 10.1 Å². The molecule has 1 aliphatic heterocycles. The highest BCUT2D eigenvalue weighted by atomic mass is 35.5. The third-order valence-electron chi connectivity index (χ3n) is 5.34. The predicted octanol–water partition coefficient (Wildman–Crippen LogP) is 5.59. The zero-order valence-electron chi connectivity index (χ0n) is 16.8. The van der Waals surface area contributed by atoms with Crippen molar-refractivity contribution in [3.05, 3.63) is 69.6 Å². The van der Waals surface area contributed by atoms with E-state index >= 15 is 0 Å². The van der Waals surface area contributed by atoms with Gasteiger partial charge in [0.1, 0.15) is 16.3 Å². The fourth-order valence-corrected chi connectivity index (χ4v) is 4.24. The number of aryl methyl sites for hydroxylation is 2. The standard InChI is InChI=1S/C22H22Cl2N4O2/c1-14-19(22(27(2)26-14)30-18-10-5-8-16(23)20(18)24)21(29)28-12-4-3-9-17(28)15-7-6-11-25-13-15/h5-8,10-11,13,17H,3-4,9,12H2,1-2H3/t17-/m1/s1. The number of hydrogen-bond donors (Lipinski definition) is 0. The van der Waals surface area contributed by atoms with Crippen molar-refractivity contribution in [1.29, 1.82) is 0 Å². The van der Waals surface area contributed by atoms with E-state index in [-0.39, 0.29) is 11.9 Å². The van der Waals surface area contributed by atoms with Gasteiger partial charge in [-0.1, -0.05) is 35.3 Å². The summed E-state index contributed by atoms with van der Waals surface area (Å²) in [7, 11) is 1.74. The molecule has 1 saturated heterocycles. The number of carbonyl (C=O) groups excluding carboxylic acids is 1. The van der Waals surface area contributed by atoms with Crippen LogP contribution in [0.1, 0.15) is 46.9 Å². The summed E-state index contributed by atoms with van der Waals surface area (Å²) >= 11 is 12.4. The van der Waals surface area contributed by atoms with Crippen molar-refractivity contribution in [2.75, 3.05) is 6.54 Å². The van der Waals surface area contributed by atoms with E-state index in [4.69, 9.17) is 27.9 Å². The first-order chi connectivity index (χ1) is 14.5. The molecule has 1 fully saturated rings. The molecule has 30 heavy (non-hydrogen) atoms. The summed E-state index contributed by atoms with van der Waals surface area (Å²) in [4.78, 5) is 19.8. The van der Waals surface area contributed by atoms with E-state index in [0.717, 1.165) is 24.8 Å². The SMILES string of the molecule is Cc1nn(C)c(Oc2cccc(Cl)c2Cl)c1C(=O)N1CCCC[C@@H]1c1cccnc1. The van der Waals surface area contributed by atoms with Gasteiger partial charge in [0, 0.05) is 26.0 Å². The van der Waals surface area contributed by atoms with Crippen molar-refractivity contribution in [2.24, 2.45) is 7.05 Å². The molecule has 0 bridgehead atoms. The normalized spacial score (nSPS) is 16.5. The number of rotatable bonds is 4. The third-order valence-corrected chi connectivity index (χ3v) is 6.14. The minimum atomic E-state index is -0.109. The first-order valence-electron chi connectivity index (χ1n) is 9.83. The highest BCUT2D eigenvalue weighted by molar-refractivity contribution is 6.42. The number of halogens is 2. The molecule has 1 amide bonds. The van der Waals surface area contributed by atoms with Crippen molar-refractivity contribution in [3.8, 4) is 11.6 Å². The van der Waals surface area contributed by atoms with Crippen molar-refractivity contribution in [1.82, 2.24) is 19.7 Å². The molecular weight excluding hydrogens is 423 g/mol. The van der Waals surface area contributed by atoms with E-state index in [1.807, 2.05) is 30.2 Å². The van der Waals surface area contributed by atoms with Gasteiger partial charge in [-0.15, -0.1) is 0 Å². The van der Waals surface area contributed by atoms with Crippen LogP contribution in [0.4, 0.5) is 0 Å². The molecule has 3 heterocycles. The lowest BCUT2D eigenvalue weighted by Gasteiger charge is -2.36. The lowest BCUT2D eigenvalue weighted by atomic mass is 9.95. The number of benzene rings is 1. The lowest BCUT2D eigenvalue weighted by Crippen LogP contribution is -2.38. The molecule has 8 heteroatoms. The van der Waals surface area contributed by atoms with Gasteiger partial charge >= 0.3 is 0 Å². The average molecular weight is 445 g/mol. The highest BCUT2D eigenvalue weighted by Gasteiger charge is 2.33. The molecule has 6 nitrogen and oxygen atoms in total. The third kappa shape index (κ3) is 3.89. The lowest BCUT2D eigenvalue weighted by molar-refractivity contribution is 0.0607. The number of hydrogen-bond acceptors (Lipinski definition) is 4. The summed E-state index contributed by atoms with van der Waals surface area (Å²) in [5.74, 6) is 0.614. The van der Waals surface area contributed by atoms with Crippen LogP contribution in [0.3, 0.4) is 0 Å². The molecule has 1 aromatic carbocycles. The van der Waals surface area contributed by atoms with Crippen molar-refractivity contribution >= 4 is 29.1 Å². The summed E-state index contributed by atoms with van der Waals surface area (Å²) in [5, 5.41) is 5.11. The van der Waals surface area contributed by atoms with Crippen molar-refractivity contribution < 1.29 is 9.53 Å². The fourth-order valence-electron chi connectivity index (χ4n) is 3.91. The predicted molar refractivity (Wildman–Crippen MR) is 116 cm³/mol. The minimum Gasteiger partial charge on any atom is -0.437 e. The van der Waals surface area contributed by atoms with Gasteiger partial charge in [-0.25, -0.2) is 4.68 Å². The monoisotopic (exact) mass is 444 g/mol. The number of likely N-dealkylation sites (tertiary alicyclic amines) is 1. The highest BCUT2D eigenvalue weighted by Crippen LogP contribution is 2.38. The molecule has 0 N–H and O–H groups in total. The van der Waals surface area contributed by atoms with Gasteiger partial charge in [0.2, 0.25) is 5.88 Å².